The van der Waals surface area contributed by atoms with Crippen molar-refractivity contribution in [3.63, 3.8) is 0 Å². The molecular formula is C13H20N4. The van der Waals surface area contributed by atoms with Gasteiger partial charge in [-0.25, -0.2) is 4.98 Å². The van der Waals surface area contributed by atoms with E-state index < -0.39 is 0 Å². The average Bonchev–Trinajstić information content (AvgIpc) is 2.75. The van der Waals surface area contributed by atoms with Crippen LogP contribution in [0.2, 0.25) is 0 Å². The van der Waals surface area contributed by atoms with E-state index in [1.54, 1.807) is 6.33 Å². The molecule has 0 amide bonds. The van der Waals surface area contributed by atoms with Gasteiger partial charge in [0.1, 0.15) is 0 Å². The van der Waals surface area contributed by atoms with Gasteiger partial charge in [-0.05, 0) is 36.1 Å². The van der Waals surface area contributed by atoms with E-state index >= 15 is 0 Å². The van der Waals surface area contributed by atoms with Gasteiger partial charge in [0, 0.05) is 6.04 Å². The normalized spacial score (nSPS) is 14.1. The van der Waals surface area contributed by atoms with Crippen molar-refractivity contribution in [3.8, 4) is 0 Å². The highest BCUT2D eigenvalue weighted by Crippen LogP contribution is 2.28. The number of hydrogen-bond donors (Lipinski definition) is 3. The van der Waals surface area contributed by atoms with E-state index in [1.807, 2.05) is 12.1 Å². The first-order valence-corrected chi connectivity index (χ1v) is 5.90. The Bertz CT molecular complexity index is 501. The Morgan fingerprint density at radius 1 is 1.41 bits per heavy atom. The quantitative estimate of drug-likeness (QED) is 0.753. The zero-order valence-electron chi connectivity index (χ0n) is 10.4. The SMILES string of the molecule is CC(C)(CN)CC(N)c1ccc2nc[nH]c2c1. The standard InChI is InChI=1S/C13H20N4/c1-13(2,7-14)6-10(15)9-3-4-11-12(5-9)17-8-16-11/h3-5,8,10H,6-7,14-15H2,1-2H3,(H,16,17). The first-order chi connectivity index (χ1) is 8.02. The van der Waals surface area contributed by atoms with Gasteiger partial charge in [0.25, 0.3) is 0 Å². The van der Waals surface area contributed by atoms with Gasteiger partial charge < -0.3 is 16.5 Å². The Balaban J connectivity index is 2.21. The highest BCUT2D eigenvalue weighted by molar-refractivity contribution is 5.75. The molecule has 1 heterocycles. The van der Waals surface area contributed by atoms with Crippen LogP contribution < -0.4 is 11.5 Å². The fraction of sp³-hybridized carbons (Fsp3) is 0.462. The van der Waals surface area contributed by atoms with Crippen LogP contribution in [-0.2, 0) is 0 Å². The molecule has 0 aliphatic rings. The first kappa shape index (κ1) is 12.1. The van der Waals surface area contributed by atoms with E-state index in [1.165, 1.54) is 0 Å². The Morgan fingerprint density at radius 3 is 2.88 bits per heavy atom. The number of nitrogens with zero attached hydrogens (tertiary/aromatic N) is 1. The molecule has 4 heteroatoms. The molecule has 2 aromatic rings. The second-order valence-corrected chi connectivity index (χ2v) is 5.36. The number of benzene rings is 1. The van der Waals surface area contributed by atoms with Crippen molar-refractivity contribution < 1.29 is 0 Å². The van der Waals surface area contributed by atoms with E-state index in [9.17, 15) is 0 Å². The van der Waals surface area contributed by atoms with Crippen LogP contribution in [0.3, 0.4) is 0 Å². The minimum Gasteiger partial charge on any atom is -0.345 e. The Labute approximate surface area is 101 Å². The maximum atomic E-state index is 6.23. The summed E-state index contributed by atoms with van der Waals surface area (Å²) in [7, 11) is 0. The van der Waals surface area contributed by atoms with E-state index in [0.29, 0.717) is 6.54 Å². The number of nitrogens with one attached hydrogen (secondary N) is 1. The van der Waals surface area contributed by atoms with Crippen molar-refractivity contribution in [1.29, 1.82) is 0 Å². The lowest BCUT2D eigenvalue weighted by Crippen LogP contribution is -2.28. The van der Waals surface area contributed by atoms with Crippen LogP contribution in [0, 0.1) is 5.41 Å². The maximum Gasteiger partial charge on any atom is 0.0931 e. The molecule has 0 bridgehead atoms. The van der Waals surface area contributed by atoms with Crippen molar-refractivity contribution >= 4 is 11.0 Å². The molecule has 17 heavy (non-hydrogen) atoms. The highest BCUT2D eigenvalue weighted by atomic mass is 14.9. The molecule has 0 saturated carbocycles. The summed E-state index contributed by atoms with van der Waals surface area (Å²) in [4.78, 5) is 7.29. The van der Waals surface area contributed by atoms with Crippen molar-refractivity contribution in [1.82, 2.24) is 9.97 Å². The third-order valence-corrected chi connectivity index (χ3v) is 3.20. The molecule has 4 nitrogen and oxygen atoms in total. The lowest BCUT2D eigenvalue weighted by molar-refractivity contribution is 0.317. The second kappa shape index (κ2) is 4.47. The maximum absolute atomic E-state index is 6.23. The highest BCUT2D eigenvalue weighted by Gasteiger charge is 2.20. The molecular weight excluding hydrogens is 212 g/mol. The van der Waals surface area contributed by atoms with Crippen LogP contribution in [-0.4, -0.2) is 16.5 Å². The minimum absolute atomic E-state index is 0.0150. The van der Waals surface area contributed by atoms with Gasteiger partial charge in [-0.3, -0.25) is 0 Å². The molecule has 5 N–H and O–H groups in total. The second-order valence-electron chi connectivity index (χ2n) is 5.36. The van der Waals surface area contributed by atoms with Gasteiger partial charge in [0.15, 0.2) is 0 Å². The van der Waals surface area contributed by atoms with E-state index in [4.69, 9.17) is 11.5 Å². The van der Waals surface area contributed by atoms with Gasteiger partial charge >= 0.3 is 0 Å². The van der Waals surface area contributed by atoms with Gasteiger partial charge in [-0.1, -0.05) is 19.9 Å². The average molecular weight is 232 g/mol. The third kappa shape index (κ3) is 2.65. The smallest absolute Gasteiger partial charge is 0.0931 e. The molecule has 0 radical (unpaired) electrons. The molecule has 92 valence electrons. The summed E-state index contributed by atoms with van der Waals surface area (Å²) in [5.41, 5.74) is 15.2. The number of aromatic amines is 1. The monoisotopic (exact) mass is 232 g/mol. The van der Waals surface area contributed by atoms with Gasteiger partial charge in [-0.2, -0.15) is 0 Å². The van der Waals surface area contributed by atoms with Crippen LogP contribution in [0.4, 0.5) is 0 Å². The van der Waals surface area contributed by atoms with Gasteiger partial charge in [0.2, 0.25) is 0 Å². The van der Waals surface area contributed by atoms with Gasteiger partial charge in [0.05, 0.1) is 17.4 Å². The van der Waals surface area contributed by atoms with Gasteiger partial charge in [-0.15, -0.1) is 0 Å². The topological polar surface area (TPSA) is 80.7 Å². The molecule has 2 rings (SSSR count). The van der Waals surface area contributed by atoms with Crippen LogP contribution in [0.5, 0.6) is 0 Å². The molecule has 1 aromatic carbocycles. The molecule has 0 spiro atoms. The third-order valence-electron chi connectivity index (χ3n) is 3.20. The zero-order valence-corrected chi connectivity index (χ0v) is 10.4. The fourth-order valence-corrected chi connectivity index (χ4v) is 1.98. The van der Waals surface area contributed by atoms with Crippen molar-refractivity contribution in [3.05, 3.63) is 30.1 Å². The molecule has 0 saturated heterocycles. The van der Waals surface area contributed by atoms with Crippen LogP contribution in [0.25, 0.3) is 11.0 Å². The lowest BCUT2D eigenvalue weighted by Gasteiger charge is -2.26. The predicted molar refractivity (Wildman–Crippen MR) is 70.5 cm³/mol. The summed E-state index contributed by atoms with van der Waals surface area (Å²) in [6, 6.07) is 6.12. The number of nitrogens with two attached hydrogens (primary N) is 2. The number of imidazole rings is 1. The molecule has 0 aliphatic heterocycles. The van der Waals surface area contributed by atoms with E-state index in [0.717, 1.165) is 23.0 Å². The number of H-pyrrole nitrogens is 1. The van der Waals surface area contributed by atoms with E-state index in [2.05, 4.69) is 29.9 Å². The molecule has 0 fully saturated rings. The Hall–Kier alpha value is -1.39. The minimum atomic E-state index is 0.0150. The first-order valence-electron chi connectivity index (χ1n) is 5.90. The van der Waals surface area contributed by atoms with Crippen molar-refractivity contribution in [2.24, 2.45) is 16.9 Å². The summed E-state index contributed by atoms with van der Waals surface area (Å²) in [6.45, 7) is 4.93. The number of hydrogen-bond acceptors (Lipinski definition) is 3. The molecule has 1 unspecified atom stereocenters. The van der Waals surface area contributed by atoms with Crippen molar-refractivity contribution in [2.45, 2.75) is 26.3 Å². The predicted octanol–water partition coefficient (Wildman–Crippen LogP) is 1.94. The van der Waals surface area contributed by atoms with Crippen molar-refractivity contribution in [2.75, 3.05) is 6.54 Å². The largest absolute Gasteiger partial charge is 0.345 e. The summed E-state index contributed by atoms with van der Waals surface area (Å²) in [6.07, 6.45) is 2.58. The van der Waals surface area contributed by atoms with E-state index in [-0.39, 0.29) is 11.5 Å². The molecule has 1 aromatic heterocycles. The Morgan fingerprint density at radius 2 is 2.18 bits per heavy atom. The fourth-order valence-electron chi connectivity index (χ4n) is 1.98. The van der Waals surface area contributed by atoms with Crippen LogP contribution in [0.1, 0.15) is 31.9 Å². The molecule has 0 aliphatic carbocycles. The zero-order chi connectivity index (χ0) is 12.5. The van der Waals surface area contributed by atoms with Crippen LogP contribution in [0.15, 0.2) is 24.5 Å². The number of aromatic nitrogens is 2. The summed E-state index contributed by atoms with van der Waals surface area (Å²) in [5, 5.41) is 0. The summed E-state index contributed by atoms with van der Waals surface area (Å²) < 4.78 is 0. The number of rotatable bonds is 4. The summed E-state index contributed by atoms with van der Waals surface area (Å²) in [5.74, 6) is 0. The Kier molecular flexibility index (Phi) is 3.17. The molecule has 1 atom stereocenters. The summed E-state index contributed by atoms with van der Waals surface area (Å²) >= 11 is 0. The lowest BCUT2D eigenvalue weighted by atomic mass is 9.84. The number of fused-ring (bicyclic) bond motifs is 1. The van der Waals surface area contributed by atoms with Crippen LogP contribution >= 0.6 is 0 Å².